The van der Waals surface area contributed by atoms with Gasteiger partial charge in [-0.3, -0.25) is 0 Å². The van der Waals surface area contributed by atoms with Crippen LogP contribution in [0, 0.1) is 6.92 Å². The molecule has 0 aromatic carbocycles. The maximum Gasteiger partial charge on any atom is 0.427 e. The summed E-state index contributed by atoms with van der Waals surface area (Å²) in [4.78, 5) is 7.35. The van der Waals surface area contributed by atoms with Crippen LogP contribution in [0.2, 0.25) is 0 Å². The molecular formula is C11H12F3N3S2. The molecule has 0 bridgehead atoms. The summed E-state index contributed by atoms with van der Waals surface area (Å²) in [6.07, 6.45) is -1.82. The molecule has 2 aromatic rings. The van der Waals surface area contributed by atoms with Crippen molar-refractivity contribution in [2.24, 2.45) is 0 Å². The number of rotatable bonds is 5. The first-order chi connectivity index (χ1) is 8.95. The Balaban J connectivity index is 1.75. The van der Waals surface area contributed by atoms with E-state index >= 15 is 0 Å². The molecule has 0 unspecified atom stereocenters. The molecule has 2 aromatic heterocycles. The van der Waals surface area contributed by atoms with Crippen LogP contribution >= 0.6 is 22.7 Å². The summed E-state index contributed by atoms with van der Waals surface area (Å²) in [5.41, 5.74) is 1.00. The van der Waals surface area contributed by atoms with Crippen LogP contribution in [0.1, 0.15) is 22.0 Å². The molecule has 1 N–H and O–H groups in total. The highest BCUT2D eigenvalue weighted by atomic mass is 32.1. The quantitative estimate of drug-likeness (QED) is 0.849. The Morgan fingerprint density at radius 3 is 2.74 bits per heavy atom. The van der Waals surface area contributed by atoms with Crippen molar-refractivity contribution < 1.29 is 13.2 Å². The second-order valence-electron chi connectivity index (χ2n) is 3.94. The summed E-state index contributed by atoms with van der Waals surface area (Å²) < 4.78 is 37.0. The summed E-state index contributed by atoms with van der Waals surface area (Å²) in [6.45, 7) is 2.52. The van der Waals surface area contributed by atoms with Crippen molar-refractivity contribution in [1.29, 1.82) is 0 Å². The lowest BCUT2D eigenvalue weighted by Crippen LogP contribution is -2.02. The van der Waals surface area contributed by atoms with E-state index in [2.05, 4.69) is 15.3 Å². The zero-order chi connectivity index (χ0) is 13.9. The van der Waals surface area contributed by atoms with Gasteiger partial charge < -0.3 is 5.32 Å². The van der Waals surface area contributed by atoms with Crippen LogP contribution in [0.25, 0.3) is 0 Å². The number of thiazole rings is 2. The third kappa shape index (κ3) is 4.17. The van der Waals surface area contributed by atoms with E-state index in [-0.39, 0.29) is 0 Å². The van der Waals surface area contributed by atoms with E-state index in [4.69, 9.17) is 0 Å². The number of halogens is 3. The van der Waals surface area contributed by atoms with Gasteiger partial charge in [-0.15, -0.1) is 11.3 Å². The number of hydrogen-bond acceptors (Lipinski definition) is 5. The first-order valence-electron chi connectivity index (χ1n) is 5.63. The molecule has 0 aliphatic carbocycles. The number of anilines is 1. The maximum absolute atomic E-state index is 12.3. The molecule has 2 rings (SSSR count). The minimum absolute atomic E-state index is 0.308. The van der Waals surface area contributed by atoms with Gasteiger partial charge in [0.2, 0.25) is 0 Å². The highest BCUT2D eigenvalue weighted by Crippen LogP contribution is 2.34. The van der Waals surface area contributed by atoms with Crippen molar-refractivity contribution in [3.8, 4) is 0 Å². The van der Waals surface area contributed by atoms with Crippen LogP contribution < -0.4 is 5.32 Å². The smallest absolute Gasteiger partial charge is 0.361 e. The van der Waals surface area contributed by atoms with Gasteiger partial charge in [-0.25, -0.2) is 9.97 Å². The second kappa shape index (κ2) is 5.87. The van der Waals surface area contributed by atoms with Crippen molar-refractivity contribution in [3.05, 3.63) is 27.2 Å². The van der Waals surface area contributed by atoms with Gasteiger partial charge >= 0.3 is 6.18 Å². The van der Waals surface area contributed by atoms with Gasteiger partial charge in [0, 0.05) is 24.0 Å². The fraction of sp³-hybridized carbons (Fsp3) is 0.455. The first kappa shape index (κ1) is 14.3. The number of hydrogen-bond donors (Lipinski definition) is 1. The minimum atomic E-state index is -4.31. The van der Waals surface area contributed by atoms with E-state index in [1.807, 2.05) is 12.3 Å². The number of aromatic nitrogens is 2. The van der Waals surface area contributed by atoms with Crippen LogP contribution in [0.4, 0.5) is 18.3 Å². The molecule has 2 heterocycles. The lowest BCUT2D eigenvalue weighted by molar-refractivity contribution is -0.134. The third-order valence-electron chi connectivity index (χ3n) is 2.30. The predicted octanol–water partition coefficient (Wildman–Crippen LogP) is 3.97. The molecule has 0 aliphatic rings. The summed E-state index contributed by atoms with van der Waals surface area (Å²) in [5, 5.41) is 6.24. The Labute approximate surface area is 116 Å². The first-order valence-corrected chi connectivity index (χ1v) is 7.32. The Bertz CT molecular complexity index is 533. The fourth-order valence-electron chi connectivity index (χ4n) is 1.44. The van der Waals surface area contributed by atoms with Crippen LogP contribution in [0.5, 0.6) is 0 Å². The summed E-state index contributed by atoms with van der Waals surface area (Å²) >= 11 is 2.23. The Morgan fingerprint density at radius 2 is 2.16 bits per heavy atom. The monoisotopic (exact) mass is 307 g/mol. The van der Waals surface area contributed by atoms with Crippen molar-refractivity contribution >= 4 is 27.8 Å². The van der Waals surface area contributed by atoms with E-state index in [0.717, 1.165) is 29.7 Å². The third-order valence-corrected chi connectivity index (χ3v) is 4.32. The molecule has 0 aliphatic heterocycles. The normalized spacial score (nSPS) is 11.8. The van der Waals surface area contributed by atoms with Crippen LogP contribution in [-0.4, -0.2) is 16.5 Å². The largest absolute Gasteiger partial charge is 0.427 e. The van der Waals surface area contributed by atoms with Crippen LogP contribution in [-0.2, 0) is 12.6 Å². The standard InChI is InChI=1S/C11H12F3N3S2/c1-7-6-18-9(17-7)3-2-4-15-10-16-5-8(19-10)11(12,13)14/h5-6H,2-4H2,1H3,(H,15,16). The minimum Gasteiger partial charge on any atom is -0.361 e. The average Bonchev–Trinajstić information content (AvgIpc) is 2.93. The molecule has 3 nitrogen and oxygen atoms in total. The average molecular weight is 307 g/mol. The summed E-state index contributed by atoms with van der Waals surface area (Å²) in [6, 6.07) is 0. The molecule has 19 heavy (non-hydrogen) atoms. The van der Waals surface area contributed by atoms with Gasteiger partial charge in [-0.05, 0) is 13.3 Å². The number of nitrogens with one attached hydrogen (secondary N) is 1. The lowest BCUT2D eigenvalue weighted by Gasteiger charge is -2.01. The molecule has 0 saturated carbocycles. The molecule has 0 radical (unpaired) electrons. The fourth-order valence-corrected chi connectivity index (χ4v) is 2.97. The highest BCUT2D eigenvalue weighted by molar-refractivity contribution is 7.15. The zero-order valence-electron chi connectivity index (χ0n) is 10.1. The van der Waals surface area contributed by atoms with E-state index in [0.29, 0.717) is 23.0 Å². The SMILES string of the molecule is Cc1csc(CCCNc2ncc(C(F)(F)F)s2)n1. The van der Waals surface area contributed by atoms with E-state index in [1.54, 1.807) is 11.3 Å². The number of aryl methyl sites for hydroxylation is 2. The molecular weight excluding hydrogens is 295 g/mol. The van der Waals surface area contributed by atoms with Gasteiger partial charge in [0.25, 0.3) is 0 Å². The second-order valence-corrected chi connectivity index (χ2v) is 5.91. The lowest BCUT2D eigenvalue weighted by atomic mass is 10.3. The zero-order valence-corrected chi connectivity index (χ0v) is 11.8. The van der Waals surface area contributed by atoms with Gasteiger partial charge in [0.15, 0.2) is 5.13 Å². The van der Waals surface area contributed by atoms with Crippen LogP contribution in [0.15, 0.2) is 11.6 Å². The van der Waals surface area contributed by atoms with Crippen LogP contribution in [0.3, 0.4) is 0 Å². The Hall–Kier alpha value is -1.15. The maximum atomic E-state index is 12.3. The summed E-state index contributed by atoms with van der Waals surface area (Å²) in [5.74, 6) is 0. The van der Waals surface area contributed by atoms with E-state index < -0.39 is 11.1 Å². The highest BCUT2D eigenvalue weighted by Gasteiger charge is 2.33. The van der Waals surface area contributed by atoms with Gasteiger partial charge in [-0.2, -0.15) is 13.2 Å². The van der Waals surface area contributed by atoms with Crippen molar-refractivity contribution in [3.63, 3.8) is 0 Å². The van der Waals surface area contributed by atoms with Crippen molar-refractivity contribution in [2.45, 2.75) is 25.9 Å². The Morgan fingerprint density at radius 1 is 1.37 bits per heavy atom. The number of nitrogens with zero attached hydrogens (tertiary/aromatic N) is 2. The molecule has 0 saturated heterocycles. The molecule has 0 amide bonds. The molecule has 0 spiro atoms. The predicted molar refractivity (Wildman–Crippen MR) is 70.8 cm³/mol. The topological polar surface area (TPSA) is 37.8 Å². The van der Waals surface area contributed by atoms with Gasteiger partial charge in [0.05, 0.1) is 11.2 Å². The van der Waals surface area contributed by atoms with Gasteiger partial charge in [-0.1, -0.05) is 11.3 Å². The molecule has 0 atom stereocenters. The summed E-state index contributed by atoms with van der Waals surface area (Å²) in [7, 11) is 0. The molecule has 8 heteroatoms. The number of alkyl halides is 3. The molecule has 104 valence electrons. The van der Waals surface area contributed by atoms with Gasteiger partial charge in [0.1, 0.15) is 4.88 Å². The Kier molecular flexibility index (Phi) is 4.41. The van der Waals surface area contributed by atoms with Crippen molar-refractivity contribution in [1.82, 2.24) is 9.97 Å². The van der Waals surface area contributed by atoms with E-state index in [9.17, 15) is 13.2 Å². The molecule has 0 fully saturated rings. The van der Waals surface area contributed by atoms with Crippen molar-refractivity contribution in [2.75, 3.05) is 11.9 Å². The van der Waals surface area contributed by atoms with E-state index in [1.165, 1.54) is 0 Å².